The third-order valence-corrected chi connectivity index (χ3v) is 2.68. The van der Waals surface area contributed by atoms with Gasteiger partial charge in [0, 0.05) is 0 Å². The number of primary amides is 1. The second-order valence-corrected chi connectivity index (χ2v) is 3.79. The number of nitrogens with one attached hydrogen (secondary N) is 1. The number of alkyl halides is 2. The number of halogens is 2. The van der Waals surface area contributed by atoms with Crippen LogP contribution in [0.2, 0.25) is 0 Å². The van der Waals surface area contributed by atoms with Crippen LogP contribution in [0.25, 0.3) is 0 Å². The first kappa shape index (κ1) is 14.5. The number of hydrogen-bond acceptors (Lipinski definition) is 3. The molecular weight excluding hydrogens is 242 g/mol. The second-order valence-electron chi connectivity index (χ2n) is 3.79. The van der Waals surface area contributed by atoms with Crippen molar-refractivity contribution < 1.29 is 18.3 Å². The molecule has 1 aromatic rings. The highest BCUT2D eigenvalue weighted by Gasteiger charge is 2.37. The standard InChI is InChI=1S/C12H16F2N2O2/c1-16-12(11(15)17,8-18-7-10(13)14)9-5-3-2-4-6-9/h2-6,10,16H,7-8H2,1H3,(H2,15,17). The summed E-state index contributed by atoms with van der Waals surface area (Å²) >= 11 is 0. The highest BCUT2D eigenvalue weighted by atomic mass is 19.3. The molecule has 100 valence electrons. The smallest absolute Gasteiger partial charge is 0.261 e. The zero-order chi connectivity index (χ0) is 13.6. The van der Waals surface area contributed by atoms with Crippen molar-refractivity contribution in [3.05, 3.63) is 35.9 Å². The highest BCUT2D eigenvalue weighted by molar-refractivity contribution is 5.86. The maximum absolute atomic E-state index is 12.1. The molecule has 0 heterocycles. The van der Waals surface area contributed by atoms with Crippen LogP contribution in [0.15, 0.2) is 30.3 Å². The van der Waals surface area contributed by atoms with Crippen molar-refractivity contribution in [2.75, 3.05) is 20.3 Å². The van der Waals surface area contributed by atoms with Crippen molar-refractivity contribution in [1.82, 2.24) is 5.32 Å². The fourth-order valence-corrected chi connectivity index (χ4v) is 1.66. The second kappa shape index (κ2) is 6.42. The van der Waals surface area contributed by atoms with Crippen LogP contribution in [0.3, 0.4) is 0 Å². The highest BCUT2D eigenvalue weighted by Crippen LogP contribution is 2.21. The Balaban J connectivity index is 2.92. The van der Waals surface area contributed by atoms with E-state index in [1.807, 2.05) is 0 Å². The van der Waals surface area contributed by atoms with Crippen LogP contribution in [0.1, 0.15) is 5.56 Å². The predicted octanol–water partition coefficient (Wildman–Crippen LogP) is 0.868. The lowest BCUT2D eigenvalue weighted by Crippen LogP contribution is -2.54. The summed E-state index contributed by atoms with van der Waals surface area (Å²) in [5.74, 6) is -0.675. The van der Waals surface area contributed by atoms with Gasteiger partial charge >= 0.3 is 0 Å². The monoisotopic (exact) mass is 258 g/mol. The summed E-state index contributed by atoms with van der Waals surface area (Å²) in [5.41, 5.74) is 4.64. The molecule has 0 aliphatic heterocycles. The minimum atomic E-state index is -2.58. The lowest BCUT2D eigenvalue weighted by Gasteiger charge is -2.30. The van der Waals surface area contributed by atoms with Crippen LogP contribution in [0, 0.1) is 0 Å². The Morgan fingerprint density at radius 3 is 2.50 bits per heavy atom. The summed E-state index contributed by atoms with van der Waals surface area (Å²) in [7, 11) is 1.53. The number of benzene rings is 1. The van der Waals surface area contributed by atoms with Gasteiger partial charge in [0.15, 0.2) is 0 Å². The number of likely N-dealkylation sites (N-methyl/N-ethyl adjacent to an activating group) is 1. The van der Waals surface area contributed by atoms with Crippen molar-refractivity contribution in [2.24, 2.45) is 5.73 Å². The third-order valence-electron chi connectivity index (χ3n) is 2.68. The van der Waals surface area contributed by atoms with E-state index in [4.69, 9.17) is 10.5 Å². The first-order valence-electron chi connectivity index (χ1n) is 5.43. The van der Waals surface area contributed by atoms with Crippen molar-refractivity contribution >= 4 is 5.91 Å². The van der Waals surface area contributed by atoms with Crippen LogP contribution in [0.4, 0.5) is 8.78 Å². The van der Waals surface area contributed by atoms with E-state index in [9.17, 15) is 13.6 Å². The van der Waals surface area contributed by atoms with Crippen molar-refractivity contribution in [3.8, 4) is 0 Å². The molecule has 0 radical (unpaired) electrons. The largest absolute Gasteiger partial charge is 0.373 e. The molecule has 4 nitrogen and oxygen atoms in total. The molecule has 1 unspecified atom stereocenters. The Kier molecular flexibility index (Phi) is 5.18. The number of rotatable bonds is 7. The number of amides is 1. The quantitative estimate of drug-likeness (QED) is 0.762. The molecule has 0 saturated carbocycles. The fourth-order valence-electron chi connectivity index (χ4n) is 1.66. The molecule has 0 saturated heterocycles. The van der Waals surface area contributed by atoms with E-state index < -0.39 is 24.5 Å². The van der Waals surface area contributed by atoms with Gasteiger partial charge in [0.05, 0.1) is 6.61 Å². The van der Waals surface area contributed by atoms with Crippen molar-refractivity contribution in [3.63, 3.8) is 0 Å². The Labute approximate surface area is 104 Å². The van der Waals surface area contributed by atoms with Crippen molar-refractivity contribution in [2.45, 2.75) is 12.0 Å². The molecule has 3 N–H and O–H groups in total. The molecule has 18 heavy (non-hydrogen) atoms. The molecule has 0 spiro atoms. The van der Waals surface area contributed by atoms with Gasteiger partial charge in [-0.3, -0.25) is 4.79 Å². The molecule has 0 fully saturated rings. The fraction of sp³-hybridized carbons (Fsp3) is 0.417. The zero-order valence-electron chi connectivity index (χ0n) is 10.0. The number of hydrogen-bond donors (Lipinski definition) is 2. The van der Waals surface area contributed by atoms with Gasteiger partial charge in [-0.1, -0.05) is 30.3 Å². The average molecular weight is 258 g/mol. The SMILES string of the molecule is CNC(COCC(F)F)(C(N)=O)c1ccccc1. The first-order valence-corrected chi connectivity index (χ1v) is 5.43. The van der Waals surface area contributed by atoms with E-state index in [2.05, 4.69) is 5.32 Å². The van der Waals surface area contributed by atoms with Crippen LogP contribution in [-0.2, 0) is 15.1 Å². The number of carbonyl (C=O) groups is 1. The van der Waals surface area contributed by atoms with E-state index in [0.717, 1.165) is 0 Å². The Bertz CT molecular complexity index is 387. The van der Waals surface area contributed by atoms with Crippen molar-refractivity contribution in [1.29, 1.82) is 0 Å². The molecule has 1 amide bonds. The maximum Gasteiger partial charge on any atom is 0.261 e. The van der Waals surface area contributed by atoms with Gasteiger partial charge in [0.25, 0.3) is 6.43 Å². The van der Waals surface area contributed by atoms with E-state index in [1.54, 1.807) is 30.3 Å². The zero-order valence-corrected chi connectivity index (χ0v) is 10.0. The molecule has 1 aromatic carbocycles. The normalized spacial score (nSPS) is 14.4. The molecule has 0 aliphatic carbocycles. The van der Waals surface area contributed by atoms with Gasteiger partial charge in [-0.15, -0.1) is 0 Å². The molecule has 6 heteroatoms. The van der Waals surface area contributed by atoms with E-state index in [0.29, 0.717) is 5.56 Å². The number of carbonyl (C=O) groups excluding carboxylic acids is 1. The van der Waals surface area contributed by atoms with E-state index >= 15 is 0 Å². The number of nitrogens with two attached hydrogens (primary N) is 1. The Hall–Kier alpha value is -1.53. The lowest BCUT2D eigenvalue weighted by atomic mass is 9.90. The molecular formula is C12H16F2N2O2. The average Bonchev–Trinajstić information content (AvgIpc) is 2.35. The van der Waals surface area contributed by atoms with Gasteiger partial charge < -0.3 is 15.8 Å². The molecule has 1 rings (SSSR count). The minimum Gasteiger partial charge on any atom is -0.373 e. The summed E-state index contributed by atoms with van der Waals surface area (Å²) in [5, 5.41) is 2.76. The maximum atomic E-state index is 12.1. The Morgan fingerprint density at radius 1 is 1.44 bits per heavy atom. The third kappa shape index (κ3) is 3.24. The molecule has 0 aliphatic rings. The minimum absolute atomic E-state index is 0.243. The van der Waals surface area contributed by atoms with Gasteiger partial charge in [0.2, 0.25) is 5.91 Å². The van der Waals surface area contributed by atoms with E-state index in [1.165, 1.54) is 7.05 Å². The molecule has 0 bridgehead atoms. The summed E-state index contributed by atoms with van der Waals surface area (Å²) in [6.07, 6.45) is -2.58. The summed E-state index contributed by atoms with van der Waals surface area (Å²) in [4.78, 5) is 11.6. The first-order chi connectivity index (χ1) is 8.53. The van der Waals surface area contributed by atoms with Gasteiger partial charge in [0.1, 0.15) is 12.1 Å². The summed E-state index contributed by atoms with van der Waals surface area (Å²) in [6.45, 7) is -0.975. The van der Waals surface area contributed by atoms with Gasteiger partial charge in [-0.25, -0.2) is 8.78 Å². The molecule has 1 atom stereocenters. The van der Waals surface area contributed by atoms with Crippen LogP contribution in [-0.4, -0.2) is 32.6 Å². The summed E-state index contributed by atoms with van der Waals surface area (Å²) < 4.78 is 29.0. The predicted molar refractivity (Wildman–Crippen MR) is 63.2 cm³/mol. The van der Waals surface area contributed by atoms with Gasteiger partial charge in [-0.2, -0.15) is 0 Å². The van der Waals surface area contributed by atoms with Crippen LogP contribution in [0.5, 0.6) is 0 Å². The van der Waals surface area contributed by atoms with E-state index in [-0.39, 0.29) is 6.61 Å². The van der Waals surface area contributed by atoms with Gasteiger partial charge in [-0.05, 0) is 12.6 Å². The number of ether oxygens (including phenoxy) is 1. The van der Waals surface area contributed by atoms with Crippen LogP contribution >= 0.6 is 0 Å². The van der Waals surface area contributed by atoms with Crippen LogP contribution < -0.4 is 11.1 Å². The Morgan fingerprint density at radius 2 is 2.06 bits per heavy atom. The summed E-state index contributed by atoms with van der Waals surface area (Å²) in [6, 6.07) is 8.62. The molecule has 0 aromatic heterocycles. The topological polar surface area (TPSA) is 64.3 Å². The lowest BCUT2D eigenvalue weighted by molar-refractivity contribution is -0.128.